The summed E-state index contributed by atoms with van der Waals surface area (Å²) < 4.78 is 5.30. The Morgan fingerprint density at radius 1 is 1.29 bits per heavy atom. The number of rotatable bonds is 3. The lowest BCUT2D eigenvalue weighted by molar-refractivity contribution is 0.413. The molecule has 1 saturated heterocycles. The van der Waals surface area contributed by atoms with Gasteiger partial charge in [0.25, 0.3) is 0 Å². The molecule has 1 aromatic rings. The summed E-state index contributed by atoms with van der Waals surface area (Å²) in [7, 11) is 1.75. The van der Waals surface area contributed by atoms with E-state index in [0.29, 0.717) is 0 Å². The Bertz CT molecular complexity index is 396. The highest BCUT2D eigenvalue weighted by atomic mass is 16.5. The van der Waals surface area contributed by atoms with E-state index in [1.54, 1.807) is 7.11 Å². The Kier molecular flexibility index (Phi) is 3.06. The zero-order chi connectivity index (χ0) is 11.7. The molecule has 0 saturated carbocycles. The molecular formula is C15H21NO. The molecule has 1 aromatic carbocycles. The molecule has 2 aliphatic rings. The quantitative estimate of drug-likeness (QED) is 0.863. The van der Waals surface area contributed by atoms with Crippen molar-refractivity contribution in [2.24, 2.45) is 5.92 Å². The van der Waals surface area contributed by atoms with Crippen LogP contribution in [0.5, 0.6) is 5.75 Å². The largest absolute Gasteiger partial charge is 0.497 e. The third-order valence-electron chi connectivity index (χ3n) is 4.21. The summed E-state index contributed by atoms with van der Waals surface area (Å²) in [5.74, 6) is 1.84. The summed E-state index contributed by atoms with van der Waals surface area (Å²) in [5.41, 5.74) is 3.04. The van der Waals surface area contributed by atoms with Gasteiger partial charge in [0, 0.05) is 6.04 Å². The number of hydrogen-bond acceptors (Lipinski definition) is 2. The Hall–Kier alpha value is -1.02. The summed E-state index contributed by atoms with van der Waals surface area (Å²) in [6.45, 7) is 1.22. The van der Waals surface area contributed by atoms with Gasteiger partial charge in [0.2, 0.25) is 0 Å². The van der Waals surface area contributed by atoms with Gasteiger partial charge in [0.05, 0.1) is 7.11 Å². The molecular weight excluding hydrogens is 210 g/mol. The fourth-order valence-electron chi connectivity index (χ4n) is 3.34. The van der Waals surface area contributed by atoms with E-state index in [1.807, 2.05) is 0 Å². The van der Waals surface area contributed by atoms with E-state index in [4.69, 9.17) is 4.74 Å². The second-order valence-corrected chi connectivity index (χ2v) is 5.44. The molecule has 2 atom stereocenters. The maximum atomic E-state index is 5.30. The SMILES string of the molecule is COc1ccc2c(c1)CC(CC1CCCN1)C2. The summed E-state index contributed by atoms with van der Waals surface area (Å²) in [6.07, 6.45) is 6.58. The van der Waals surface area contributed by atoms with E-state index in [9.17, 15) is 0 Å². The molecule has 92 valence electrons. The number of benzene rings is 1. The zero-order valence-electron chi connectivity index (χ0n) is 10.5. The highest BCUT2D eigenvalue weighted by Gasteiger charge is 2.25. The molecule has 0 aromatic heterocycles. The summed E-state index contributed by atoms with van der Waals surface area (Å²) >= 11 is 0. The molecule has 1 fully saturated rings. The van der Waals surface area contributed by atoms with Gasteiger partial charge >= 0.3 is 0 Å². The molecule has 0 amide bonds. The van der Waals surface area contributed by atoms with Crippen molar-refractivity contribution in [2.75, 3.05) is 13.7 Å². The topological polar surface area (TPSA) is 21.3 Å². The van der Waals surface area contributed by atoms with Crippen LogP contribution in [0.1, 0.15) is 30.4 Å². The fraction of sp³-hybridized carbons (Fsp3) is 0.600. The molecule has 1 aliphatic carbocycles. The molecule has 0 radical (unpaired) electrons. The molecule has 2 nitrogen and oxygen atoms in total. The number of fused-ring (bicyclic) bond motifs is 1. The fourth-order valence-corrected chi connectivity index (χ4v) is 3.34. The smallest absolute Gasteiger partial charge is 0.119 e. The molecule has 1 heterocycles. The van der Waals surface area contributed by atoms with Crippen molar-refractivity contribution in [3.8, 4) is 5.75 Å². The van der Waals surface area contributed by atoms with Crippen LogP contribution in [0.15, 0.2) is 18.2 Å². The molecule has 2 unspecified atom stereocenters. The van der Waals surface area contributed by atoms with Crippen LogP contribution in [0.3, 0.4) is 0 Å². The second-order valence-electron chi connectivity index (χ2n) is 5.44. The second kappa shape index (κ2) is 4.69. The van der Waals surface area contributed by atoms with Crippen molar-refractivity contribution in [1.29, 1.82) is 0 Å². The monoisotopic (exact) mass is 231 g/mol. The first-order valence-electron chi connectivity index (χ1n) is 6.74. The van der Waals surface area contributed by atoms with Crippen molar-refractivity contribution in [3.63, 3.8) is 0 Å². The zero-order valence-corrected chi connectivity index (χ0v) is 10.5. The van der Waals surface area contributed by atoms with Crippen LogP contribution in [-0.4, -0.2) is 19.7 Å². The first-order chi connectivity index (χ1) is 8.35. The minimum absolute atomic E-state index is 0.774. The number of hydrogen-bond donors (Lipinski definition) is 1. The third-order valence-corrected chi connectivity index (χ3v) is 4.21. The van der Waals surface area contributed by atoms with Gasteiger partial charge in [-0.05, 0) is 67.8 Å². The third kappa shape index (κ3) is 2.32. The first-order valence-corrected chi connectivity index (χ1v) is 6.74. The molecule has 0 spiro atoms. The first kappa shape index (κ1) is 11.1. The van der Waals surface area contributed by atoms with E-state index in [0.717, 1.165) is 17.7 Å². The minimum atomic E-state index is 0.774. The number of ether oxygens (including phenoxy) is 1. The maximum Gasteiger partial charge on any atom is 0.119 e. The predicted molar refractivity (Wildman–Crippen MR) is 69.5 cm³/mol. The van der Waals surface area contributed by atoms with E-state index in [2.05, 4.69) is 23.5 Å². The Balaban J connectivity index is 1.65. The molecule has 17 heavy (non-hydrogen) atoms. The standard InChI is InChI=1S/C15H21NO/c1-17-15-5-4-12-7-11(8-13(12)10-15)9-14-3-2-6-16-14/h4-5,10-11,14,16H,2-3,6-9H2,1H3. The van der Waals surface area contributed by atoms with E-state index < -0.39 is 0 Å². The van der Waals surface area contributed by atoms with Crippen molar-refractivity contribution in [3.05, 3.63) is 29.3 Å². The van der Waals surface area contributed by atoms with Crippen LogP contribution >= 0.6 is 0 Å². The van der Waals surface area contributed by atoms with Gasteiger partial charge in [-0.2, -0.15) is 0 Å². The van der Waals surface area contributed by atoms with Crippen LogP contribution in [0.25, 0.3) is 0 Å². The molecule has 1 N–H and O–H groups in total. The van der Waals surface area contributed by atoms with Gasteiger partial charge in [0.1, 0.15) is 5.75 Å². The maximum absolute atomic E-state index is 5.30. The summed E-state index contributed by atoms with van der Waals surface area (Å²) in [4.78, 5) is 0. The van der Waals surface area contributed by atoms with Crippen LogP contribution < -0.4 is 10.1 Å². The van der Waals surface area contributed by atoms with Crippen molar-refractivity contribution in [2.45, 2.75) is 38.1 Å². The normalized spacial score (nSPS) is 27.1. The van der Waals surface area contributed by atoms with Crippen LogP contribution in [0.4, 0.5) is 0 Å². The van der Waals surface area contributed by atoms with Crippen LogP contribution in [-0.2, 0) is 12.8 Å². The van der Waals surface area contributed by atoms with Gasteiger partial charge in [-0.15, -0.1) is 0 Å². The van der Waals surface area contributed by atoms with E-state index >= 15 is 0 Å². The molecule has 1 aliphatic heterocycles. The summed E-state index contributed by atoms with van der Waals surface area (Å²) in [6, 6.07) is 7.33. The van der Waals surface area contributed by atoms with Crippen LogP contribution in [0, 0.1) is 5.92 Å². The Morgan fingerprint density at radius 2 is 2.18 bits per heavy atom. The van der Waals surface area contributed by atoms with Gasteiger partial charge in [0.15, 0.2) is 0 Å². The molecule has 0 bridgehead atoms. The number of nitrogens with one attached hydrogen (secondary N) is 1. The van der Waals surface area contributed by atoms with E-state index in [-0.39, 0.29) is 0 Å². The Morgan fingerprint density at radius 3 is 2.94 bits per heavy atom. The Labute approximate surface area is 103 Å². The average molecular weight is 231 g/mol. The van der Waals surface area contributed by atoms with Gasteiger partial charge in [-0.1, -0.05) is 6.07 Å². The minimum Gasteiger partial charge on any atom is -0.497 e. The average Bonchev–Trinajstić information content (AvgIpc) is 2.96. The van der Waals surface area contributed by atoms with Gasteiger partial charge in [-0.25, -0.2) is 0 Å². The lowest BCUT2D eigenvalue weighted by Gasteiger charge is -2.15. The molecule has 3 rings (SSSR count). The lowest BCUT2D eigenvalue weighted by Crippen LogP contribution is -2.24. The van der Waals surface area contributed by atoms with Crippen molar-refractivity contribution in [1.82, 2.24) is 5.32 Å². The van der Waals surface area contributed by atoms with E-state index in [1.165, 1.54) is 49.8 Å². The van der Waals surface area contributed by atoms with Crippen molar-refractivity contribution >= 4 is 0 Å². The molecule has 2 heteroatoms. The summed E-state index contributed by atoms with van der Waals surface area (Å²) in [5, 5.41) is 3.61. The van der Waals surface area contributed by atoms with Gasteiger partial charge in [-0.3, -0.25) is 0 Å². The highest BCUT2D eigenvalue weighted by Crippen LogP contribution is 2.33. The van der Waals surface area contributed by atoms with Gasteiger partial charge < -0.3 is 10.1 Å². The van der Waals surface area contributed by atoms with Crippen LogP contribution in [0.2, 0.25) is 0 Å². The lowest BCUT2D eigenvalue weighted by atomic mass is 9.96. The highest BCUT2D eigenvalue weighted by molar-refractivity contribution is 5.39. The number of methoxy groups -OCH3 is 1. The van der Waals surface area contributed by atoms with Crippen molar-refractivity contribution < 1.29 is 4.74 Å². The predicted octanol–water partition coefficient (Wildman–Crippen LogP) is 2.55.